The second-order valence-electron chi connectivity index (χ2n) is 20.3. The minimum Gasteiger partial charge on any atom is -0.355 e. The summed E-state index contributed by atoms with van der Waals surface area (Å²) in [6, 6.07) is 57.1. The van der Waals surface area contributed by atoms with Gasteiger partial charge in [-0.2, -0.15) is 0 Å². The lowest BCUT2D eigenvalue weighted by molar-refractivity contribution is 0.590. The molecule has 0 amide bonds. The lowest BCUT2D eigenvalue weighted by Crippen LogP contribution is -2.37. The molecule has 0 fully saturated rings. The Labute approximate surface area is 379 Å². The molecule has 0 spiro atoms. The van der Waals surface area contributed by atoms with Crippen LogP contribution in [0.5, 0.6) is 0 Å². The third-order valence-electron chi connectivity index (χ3n) is 14.8. The maximum Gasteiger partial charge on any atom is 0.198 e. The highest BCUT2D eigenvalue weighted by atomic mass is 32.1. The molecule has 2 aliphatic carbocycles. The van der Waals surface area contributed by atoms with Crippen LogP contribution in [0.4, 0.5) is 11.4 Å². The number of rotatable bonds is 4. The van der Waals surface area contributed by atoms with Crippen LogP contribution in [0.2, 0.25) is 0 Å². The minimum absolute atomic E-state index is 0.0717. The molecule has 0 atom stereocenters. The van der Waals surface area contributed by atoms with Crippen molar-refractivity contribution in [2.45, 2.75) is 64.7 Å². The van der Waals surface area contributed by atoms with E-state index in [2.05, 4.69) is 217 Å². The maximum atomic E-state index is 5.25. The summed E-state index contributed by atoms with van der Waals surface area (Å²) in [4.78, 5) is 5.25. The molecule has 3 heterocycles. The summed E-state index contributed by atoms with van der Waals surface area (Å²) >= 11 is 1.78. The number of nitrogens with one attached hydrogen (secondary N) is 1. The van der Waals surface area contributed by atoms with Gasteiger partial charge >= 0.3 is 0 Å². The van der Waals surface area contributed by atoms with Crippen molar-refractivity contribution in [2.24, 2.45) is 0 Å². The van der Waals surface area contributed by atoms with E-state index in [9.17, 15) is 0 Å². The Balaban J connectivity index is 1.09. The number of anilines is 2. The van der Waals surface area contributed by atoms with Gasteiger partial charge in [-0.3, -0.25) is 0 Å². The fourth-order valence-corrected chi connectivity index (χ4v) is 12.4. The van der Waals surface area contributed by atoms with Crippen molar-refractivity contribution < 1.29 is 0 Å². The van der Waals surface area contributed by atoms with Gasteiger partial charge in [0.2, 0.25) is 0 Å². The molecule has 0 saturated heterocycles. The molecule has 10 aromatic rings. The minimum atomic E-state index is -0.142. The summed E-state index contributed by atoms with van der Waals surface area (Å²) in [7, 11) is 2.45. The molecule has 0 bridgehead atoms. The van der Waals surface area contributed by atoms with Crippen LogP contribution in [-0.2, 0) is 16.2 Å². The van der Waals surface area contributed by atoms with Crippen molar-refractivity contribution in [1.29, 1.82) is 0 Å². The molecule has 3 nitrogen and oxygen atoms in total. The number of benzene rings is 8. The van der Waals surface area contributed by atoms with E-state index in [4.69, 9.17) is 4.98 Å². The quantitative estimate of drug-likeness (QED) is 0.179. The van der Waals surface area contributed by atoms with Crippen LogP contribution in [0.3, 0.4) is 0 Å². The van der Waals surface area contributed by atoms with Crippen LogP contribution in [0.25, 0.3) is 81.7 Å². The molecule has 1 radical (unpaired) electrons. The summed E-state index contributed by atoms with van der Waals surface area (Å²) in [5.41, 5.74) is 24.8. The highest BCUT2D eigenvalue weighted by Gasteiger charge is 2.39. The molecule has 1 N–H and O–H groups in total. The first kappa shape index (κ1) is 37.8. The Hall–Kier alpha value is -6.69. The van der Waals surface area contributed by atoms with Gasteiger partial charge in [-0.15, -0.1) is 11.3 Å². The molecule has 307 valence electrons. The van der Waals surface area contributed by atoms with E-state index >= 15 is 0 Å². The highest BCUT2D eigenvalue weighted by Crippen LogP contribution is 2.54. The fraction of sp³-hybridized carbons (Fsp3) is 0.169. The Kier molecular flexibility index (Phi) is 7.66. The average Bonchev–Trinajstić information content (AvgIpc) is 3.99. The molecule has 8 aromatic carbocycles. The van der Waals surface area contributed by atoms with Crippen LogP contribution in [0, 0.1) is 0 Å². The lowest BCUT2D eigenvalue weighted by Gasteiger charge is -2.26. The fourth-order valence-electron chi connectivity index (χ4n) is 11.4. The molecule has 2 aromatic heterocycles. The summed E-state index contributed by atoms with van der Waals surface area (Å²) < 4.78 is 3.77. The van der Waals surface area contributed by atoms with Crippen molar-refractivity contribution in [3.05, 3.63) is 179 Å². The molecule has 5 heteroatoms. The smallest absolute Gasteiger partial charge is 0.198 e. The van der Waals surface area contributed by atoms with Crippen LogP contribution < -0.4 is 16.2 Å². The van der Waals surface area contributed by atoms with Crippen molar-refractivity contribution >= 4 is 72.9 Å². The first-order valence-corrected chi connectivity index (χ1v) is 23.4. The average molecular weight is 841 g/mol. The zero-order chi connectivity index (χ0) is 43.4. The number of nitrogens with zero attached hydrogens (tertiary/aromatic N) is 2. The summed E-state index contributed by atoms with van der Waals surface area (Å²) in [5, 5.41) is 7.60. The van der Waals surface area contributed by atoms with E-state index in [1.165, 1.54) is 104 Å². The molecular formula is C59H47BN3S. The Morgan fingerprint density at radius 3 is 1.94 bits per heavy atom. The Bertz CT molecular complexity index is 3640. The van der Waals surface area contributed by atoms with Crippen molar-refractivity contribution in [3.63, 3.8) is 0 Å². The SMILES string of the molecule is CC(C)(C)c1ccc(Nc2cc3c(cc2-c2ccc4c5cc6c(cc5n5c4c2[B]c2cc4nc(-c7ccccc7)sc4cc2-5)-c2ccccc2C6(C)C)-c2ccccc2C3(C)C)cc1. The molecular weight excluding hydrogens is 794 g/mol. The van der Waals surface area contributed by atoms with E-state index in [-0.39, 0.29) is 16.2 Å². The molecule has 13 rings (SSSR count). The van der Waals surface area contributed by atoms with Crippen LogP contribution in [0.15, 0.2) is 152 Å². The van der Waals surface area contributed by atoms with Gasteiger partial charge in [0, 0.05) is 55.3 Å². The first-order chi connectivity index (χ1) is 30.8. The molecule has 1 aliphatic heterocycles. The van der Waals surface area contributed by atoms with Crippen LogP contribution in [-0.4, -0.2) is 16.8 Å². The number of hydrogen-bond acceptors (Lipinski definition) is 3. The number of thiazole rings is 1. The molecule has 3 aliphatic rings. The van der Waals surface area contributed by atoms with Crippen LogP contribution in [0.1, 0.15) is 76.3 Å². The monoisotopic (exact) mass is 840 g/mol. The van der Waals surface area contributed by atoms with Gasteiger partial charge in [0.25, 0.3) is 0 Å². The third-order valence-corrected chi connectivity index (χ3v) is 15.9. The summed E-state index contributed by atoms with van der Waals surface area (Å²) in [5.74, 6) is 0. The second-order valence-corrected chi connectivity index (χ2v) is 21.3. The van der Waals surface area contributed by atoms with Gasteiger partial charge in [-0.25, -0.2) is 4.98 Å². The summed E-state index contributed by atoms with van der Waals surface area (Å²) in [6.07, 6.45) is 0. The van der Waals surface area contributed by atoms with E-state index < -0.39 is 0 Å². The van der Waals surface area contributed by atoms with Crippen molar-refractivity contribution in [3.8, 4) is 49.6 Å². The van der Waals surface area contributed by atoms with E-state index in [1.54, 1.807) is 11.3 Å². The van der Waals surface area contributed by atoms with Crippen LogP contribution >= 0.6 is 11.3 Å². The topological polar surface area (TPSA) is 29.9 Å². The summed E-state index contributed by atoms with van der Waals surface area (Å²) in [6.45, 7) is 16.3. The van der Waals surface area contributed by atoms with Gasteiger partial charge in [0.15, 0.2) is 7.28 Å². The number of aromatic nitrogens is 2. The van der Waals surface area contributed by atoms with Gasteiger partial charge < -0.3 is 9.88 Å². The van der Waals surface area contributed by atoms with Crippen molar-refractivity contribution in [2.75, 3.05) is 5.32 Å². The van der Waals surface area contributed by atoms with E-state index in [0.29, 0.717) is 0 Å². The Morgan fingerprint density at radius 2 is 1.23 bits per heavy atom. The Morgan fingerprint density at radius 1 is 0.578 bits per heavy atom. The molecule has 64 heavy (non-hydrogen) atoms. The standard InChI is InChI=1S/C59H47BN3S/c1-57(2,3)34-21-23-35(24-22-34)61-49-30-47-40(36-17-11-13-19-44(36)59(47,6)7)27-42(49)38-25-26-39-43-28-46-41(37-18-12-14-20-45(37)58(46,4)5)29-51(43)63-52-32-53-50(31-48(52)60-54(38)55(39)63)62-56(64-53)33-15-9-8-10-16-33/h8-32,61H,1-7H3. The van der Waals surface area contributed by atoms with Gasteiger partial charge in [-0.1, -0.05) is 157 Å². The zero-order valence-corrected chi connectivity index (χ0v) is 38.1. The van der Waals surface area contributed by atoms with Gasteiger partial charge in [0.1, 0.15) is 5.01 Å². The predicted octanol–water partition coefficient (Wildman–Crippen LogP) is 14.3. The normalized spacial score (nSPS) is 14.9. The van der Waals surface area contributed by atoms with Gasteiger partial charge in [0.05, 0.1) is 15.7 Å². The maximum absolute atomic E-state index is 5.25. The van der Waals surface area contributed by atoms with Gasteiger partial charge in [-0.05, 0) is 115 Å². The molecule has 0 saturated carbocycles. The highest BCUT2D eigenvalue weighted by molar-refractivity contribution is 7.21. The third kappa shape index (κ3) is 5.25. The van der Waals surface area contributed by atoms with Crippen molar-refractivity contribution in [1.82, 2.24) is 9.55 Å². The lowest BCUT2D eigenvalue weighted by atomic mass is 9.59. The van der Waals surface area contributed by atoms with E-state index in [1.807, 2.05) is 0 Å². The number of hydrogen-bond donors (Lipinski definition) is 1. The largest absolute Gasteiger partial charge is 0.355 e. The predicted molar refractivity (Wildman–Crippen MR) is 273 cm³/mol. The second kappa shape index (κ2) is 13.0. The van der Waals surface area contributed by atoms with E-state index in [0.717, 1.165) is 27.5 Å². The zero-order valence-electron chi connectivity index (χ0n) is 37.3. The number of fused-ring (bicyclic) bond motifs is 12. The first-order valence-electron chi connectivity index (χ1n) is 22.6. The molecule has 0 unspecified atom stereocenters.